The largest absolute Gasteiger partial charge is 0.491 e. The molecule has 2 aliphatic heterocycles. The van der Waals surface area contributed by atoms with Gasteiger partial charge in [0.05, 0.1) is 6.10 Å². The summed E-state index contributed by atoms with van der Waals surface area (Å²) in [5, 5.41) is 0. The molecule has 0 N–H and O–H groups in total. The molecule has 26 heavy (non-hydrogen) atoms. The number of hydrogen-bond donors (Lipinski definition) is 0. The SMILES string of the molecule is CC(C)Oc1ccc(C(=O)N2CCC(c3ccc4c(c3)OCO4)C2)cc1. The van der Waals surface area contributed by atoms with Gasteiger partial charge in [0.25, 0.3) is 5.91 Å². The lowest BCUT2D eigenvalue weighted by Gasteiger charge is -2.17. The average Bonchev–Trinajstić information content (AvgIpc) is 3.30. The van der Waals surface area contributed by atoms with Crippen molar-refractivity contribution in [3.63, 3.8) is 0 Å². The molecule has 1 amide bonds. The van der Waals surface area contributed by atoms with E-state index >= 15 is 0 Å². The summed E-state index contributed by atoms with van der Waals surface area (Å²) in [5.74, 6) is 2.79. The van der Waals surface area contributed by atoms with Crippen LogP contribution in [0, 0.1) is 0 Å². The van der Waals surface area contributed by atoms with E-state index in [1.165, 1.54) is 5.56 Å². The zero-order valence-electron chi connectivity index (χ0n) is 15.1. The van der Waals surface area contributed by atoms with Crippen LogP contribution < -0.4 is 14.2 Å². The first-order valence-corrected chi connectivity index (χ1v) is 9.05. The number of likely N-dealkylation sites (tertiary alicyclic amines) is 1. The molecule has 2 heterocycles. The molecule has 5 heteroatoms. The van der Waals surface area contributed by atoms with Gasteiger partial charge in [-0.05, 0) is 62.2 Å². The van der Waals surface area contributed by atoms with E-state index in [0.717, 1.165) is 36.8 Å². The molecule has 5 nitrogen and oxygen atoms in total. The van der Waals surface area contributed by atoms with Crippen molar-refractivity contribution in [3.05, 3.63) is 53.6 Å². The van der Waals surface area contributed by atoms with Crippen LogP contribution in [0.4, 0.5) is 0 Å². The maximum Gasteiger partial charge on any atom is 0.253 e. The van der Waals surface area contributed by atoms with Gasteiger partial charge in [0.15, 0.2) is 11.5 Å². The van der Waals surface area contributed by atoms with Gasteiger partial charge in [0.2, 0.25) is 6.79 Å². The van der Waals surface area contributed by atoms with Crippen LogP contribution in [-0.2, 0) is 0 Å². The standard InChI is InChI=1S/C21H23NO4/c1-14(2)26-18-6-3-15(4-7-18)21(23)22-10-9-17(12-22)16-5-8-19-20(11-16)25-13-24-19/h3-8,11,14,17H,9-10,12-13H2,1-2H3. The molecule has 1 fully saturated rings. The van der Waals surface area contributed by atoms with Gasteiger partial charge in [-0.15, -0.1) is 0 Å². The maximum absolute atomic E-state index is 12.8. The first-order valence-electron chi connectivity index (χ1n) is 9.05. The molecule has 136 valence electrons. The third kappa shape index (κ3) is 3.34. The van der Waals surface area contributed by atoms with E-state index in [0.29, 0.717) is 11.5 Å². The second kappa shape index (κ2) is 6.90. The molecule has 2 aliphatic rings. The maximum atomic E-state index is 12.8. The van der Waals surface area contributed by atoms with Crippen LogP contribution in [0.3, 0.4) is 0 Å². The molecule has 0 aromatic heterocycles. The first kappa shape index (κ1) is 16.8. The zero-order chi connectivity index (χ0) is 18.1. The number of fused-ring (bicyclic) bond motifs is 1. The first-order chi connectivity index (χ1) is 12.6. The molecule has 4 rings (SSSR count). The fourth-order valence-electron chi connectivity index (χ4n) is 3.51. The summed E-state index contributed by atoms with van der Waals surface area (Å²) >= 11 is 0. The third-order valence-electron chi connectivity index (χ3n) is 4.82. The molecular weight excluding hydrogens is 330 g/mol. The van der Waals surface area contributed by atoms with E-state index in [-0.39, 0.29) is 18.8 Å². The number of nitrogens with zero attached hydrogens (tertiary/aromatic N) is 1. The summed E-state index contributed by atoms with van der Waals surface area (Å²) in [6.45, 7) is 5.74. The number of amides is 1. The van der Waals surface area contributed by atoms with Crippen molar-refractivity contribution in [1.82, 2.24) is 4.90 Å². The Morgan fingerprint density at radius 3 is 2.65 bits per heavy atom. The molecule has 2 aromatic rings. The Balaban J connectivity index is 1.42. The van der Waals surface area contributed by atoms with Gasteiger partial charge in [0, 0.05) is 24.6 Å². The van der Waals surface area contributed by atoms with E-state index in [1.807, 2.05) is 55.1 Å². The van der Waals surface area contributed by atoms with Gasteiger partial charge in [-0.25, -0.2) is 0 Å². The van der Waals surface area contributed by atoms with E-state index in [9.17, 15) is 4.79 Å². The predicted molar refractivity (Wildman–Crippen MR) is 98.0 cm³/mol. The Labute approximate surface area is 153 Å². The van der Waals surface area contributed by atoms with Crippen LogP contribution in [0.15, 0.2) is 42.5 Å². The Hall–Kier alpha value is -2.69. The lowest BCUT2D eigenvalue weighted by Crippen LogP contribution is -2.28. The highest BCUT2D eigenvalue weighted by Crippen LogP contribution is 2.37. The minimum absolute atomic E-state index is 0.0735. The topological polar surface area (TPSA) is 48.0 Å². The second-order valence-electron chi connectivity index (χ2n) is 7.04. The normalized spacial score (nSPS) is 18.4. The van der Waals surface area contributed by atoms with Crippen LogP contribution in [0.2, 0.25) is 0 Å². The van der Waals surface area contributed by atoms with Crippen molar-refractivity contribution in [3.8, 4) is 17.2 Å². The molecule has 1 unspecified atom stereocenters. The third-order valence-corrected chi connectivity index (χ3v) is 4.82. The van der Waals surface area contributed by atoms with Crippen LogP contribution in [0.25, 0.3) is 0 Å². The highest BCUT2D eigenvalue weighted by Gasteiger charge is 2.29. The number of ether oxygens (including phenoxy) is 3. The van der Waals surface area contributed by atoms with E-state index < -0.39 is 0 Å². The quantitative estimate of drug-likeness (QED) is 0.838. The van der Waals surface area contributed by atoms with Gasteiger partial charge in [-0.3, -0.25) is 4.79 Å². The lowest BCUT2D eigenvalue weighted by molar-refractivity contribution is 0.0790. The van der Waals surface area contributed by atoms with Crippen molar-refractivity contribution in [2.45, 2.75) is 32.3 Å². The smallest absolute Gasteiger partial charge is 0.253 e. The van der Waals surface area contributed by atoms with Crippen LogP contribution in [-0.4, -0.2) is 36.8 Å². The van der Waals surface area contributed by atoms with Crippen molar-refractivity contribution >= 4 is 5.91 Å². The summed E-state index contributed by atoms with van der Waals surface area (Å²) < 4.78 is 16.5. The molecule has 0 bridgehead atoms. The zero-order valence-corrected chi connectivity index (χ0v) is 15.1. The predicted octanol–water partition coefficient (Wildman–Crippen LogP) is 3.83. The van der Waals surface area contributed by atoms with Crippen LogP contribution >= 0.6 is 0 Å². The van der Waals surface area contributed by atoms with Gasteiger partial charge in [-0.1, -0.05) is 6.07 Å². The number of rotatable bonds is 4. The molecule has 0 saturated carbocycles. The number of hydrogen-bond acceptors (Lipinski definition) is 4. The summed E-state index contributed by atoms with van der Waals surface area (Å²) in [6.07, 6.45) is 1.08. The average molecular weight is 353 g/mol. The van der Waals surface area contributed by atoms with Gasteiger partial charge < -0.3 is 19.1 Å². The molecule has 0 spiro atoms. The molecule has 0 radical (unpaired) electrons. The molecule has 1 atom stereocenters. The van der Waals surface area contributed by atoms with Crippen LogP contribution in [0.5, 0.6) is 17.2 Å². The molecular formula is C21H23NO4. The van der Waals surface area contributed by atoms with Gasteiger partial charge in [0.1, 0.15) is 5.75 Å². The van der Waals surface area contributed by atoms with E-state index in [2.05, 4.69) is 6.07 Å². The van der Waals surface area contributed by atoms with Crippen molar-refractivity contribution in [2.75, 3.05) is 19.9 Å². The van der Waals surface area contributed by atoms with Crippen molar-refractivity contribution in [2.24, 2.45) is 0 Å². The highest BCUT2D eigenvalue weighted by atomic mass is 16.7. The fraction of sp³-hybridized carbons (Fsp3) is 0.381. The number of carbonyl (C=O) groups is 1. The van der Waals surface area contributed by atoms with Crippen LogP contribution in [0.1, 0.15) is 42.1 Å². The summed E-state index contributed by atoms with van der Waals surface area (Å²) in [4.78, 5) is 14.7. The molecule has 0 aliphatic carbocycles. The van der Waals surface area contributed by atoms with E-state index in [1.54, 1.807) is 0 Å². The van der Waals surface area contributed by atoms with Crippen molar-refractivity contribution < 1.29 is 19.0 Å². The Kier molecular flexibility index (Phi) is 4.45. The molecule has 2 aromatic carbocycles. The van der Waals surface area contributed by atoms with Gasteiger partial charge in [-0.2, -0.15) is 0 Å². The van der Waals surface area contributed by atoms with E-state index in [4.69, 9.17) is 14.2 Å². The lowest BCUT2D eigenvalue weighted by atomic mass is 9.98. The molecule has 1 saturated heterocycles. The van der Waals surface area contributed by atoms with Crippen molar-refractivity contribution in [1.29, 1.82) is 0 Å². The summed E-state index contributed by atoms with van der Waals surface area (Å²) in [5.41, 5.74) is 1.90. The Morgan fingerprint density at radius 2 is 1.88 bits per heavy atom. The minimum Gasteiger partial charge on any atom is -0.491 e. The monoisotopic (exact) mass is 353 g/mol. The number of benzene rings is 2. The minimum atomic E-state index is 0.0735. The summed E-state index contributed by atoms with van der Waals surface area (Å²) in [6, 6.07) is 13.5. The highest BCUT2D eigenvalue weighted by molar-refractivity contribution is 5.94. The fourth-order valence-corrected chi connectivity index (χ4v) is 3.51. The number of carbonyl (C=O) groups excluding carboxylic acids is 1. The second-order valence-corrected chi connectivity index (χ2v) is 7.04. The Bertz CT molecular complexity index is 800. The Morgan fingerprint density at radius 1 is 1.12 bits per heavy atom. The van der Waals surface area contributed by atoms with Gasteiger partial charge >= 0.3 is 0 Å². The summed E-state index contributed by atoms with van der Waals surface area (Å²) in [7, 11) is 0.